The van der Waals surface area contributed by atoms with Crippen molar-refractivity contribution in [1.82, 2.24) is 10.2 Å². The normalized spacial score (nSPS) is 21.7. The van der Waals surface area contributed by atoms with E-state index in [4.69, 9.17) is 0 Å². The number of hydrogen-bond donors (Lipinski definition) is 2. The van der Waals surface area contributed by atoms with Crippen molar-refractivity contribution in [2.75, 3.05) is 31.5 Å². The monoisotopic (exact) mass is 381 g/mol. The van der Waals surface area contributed by atoms with E-state index in [1.165, 1.54) is 24.3 Å². The Morgan fingerprint density at radius 2 is 1.64 bits per heavy atom. The number of carbonyl (C=O) groups excluding carboxylic acids is 2. The van der Waals surface area contributed by atoms with E-state index < -0.39 is 0 Å². The van der Waals surface area contributed by atoms with Crippen LogP contribution in [-0.4, -0.2) is 42.9 Å². The number of halogens is 1. The number of hydrogen-bond acceptors (Lipinski definition) is 3. The molecule has 0 radical (unpaired) electrons. The Bertz CT molecular complexity index is 854. The summed E-state index contributed by atoms with van der Waals surface area (Å²) in [6.45, 7) is 3.65. The zero-order valence-corrected chi connectivity index (χ0v) is 15.7. The topological polar surface area (TPSA) is 61.4 Å². The van der Waals surface area contributed by atoms with E-state index in [9.17, 15) is 14.0 Å². The Kier molecular flexibility index (Phi) is 5.39. The van der Waals surface area contributed by atoms with Crippen LogP contribution in [0.2, 0.25) is 0 Å². The van der Waals surface area contributed by atoms with Crippen molar-refractivity contribution in [3.8, 4) is 0 Å². The second-order valence-electron chi connectivity index (χ2n) is 7.59. The van der Waals surface area contributed by atoms with Crippen LogP contribution in [0.1, 0.15) is 33.6 Å². The van der Waals surface area contributed by atoms with Crippen LogP contribution in [0.4, 0.5) is 10.1 Å². The van der Waals surface area contributed by atoms with Crippen molar-refractivity contribution < 1.29 is 14.0 Å². The number of anilines is 1. The van der Waals surface area contributed by atoms with Crippen LogP contribution < -0.4 is 10.6 Å². The number of amides is 2. The average molecular weight is 381 g/mol. The highest BCUT2D eigenvalue weighted by Crippen LogP contribution is 2.28. The van der Waals surface area contributed by atoms with Gasteiger partial charge in [0.2, 0.25) is 0 Å². The van der Waals surface area contributed by atoms with Gasteiger partial charge in [-0.1, -0.05) is 6.07 Å². The summed E-state index contributed by atoms with van der Waals surface area (Å²) in [5.74, 6) is 0.616. The van der Waals surface area contributed by atoms with E-state index in [0.29, 0.717) is 28.7 Å². The summed E-state index contributed by atoms with van der Waals surface area (Å²) >= 11 is 0. The van der Waals surface area contributed by atoms with Crippen LogP contribution in [0.3, 0.4) is 0 Å². The molecule has 0 spiro atoms. The molecule has 28 heavy (non-hydrogen) atoms. The van der Waals surface area contributed by atoms with Crippen LogP contribution in [-0.2, 0) is 0 Å². The van der Waals surface area contributed by atoms with E-state index in [1.807, 2.05) is 4.90 Å². The molecule has 0 aromatic heterocycles. The Hall–Kier alpha value is -2.73. The Morgan fingerprint density at radius 3 is 2.32 bits per heavy atom. The zero-order chi connectivity index (χ0) is 19.5. The summed E-state index contributed by atoms with van der Waals surface area (Å²) in [6, 6.07) is 12.4. The van der Waals surface area contributed by atoms with Crippen LogP contribution in [0, 0.1) is 17.7 Å². The molecule has 2 aromatic carbocycles. The maximum absolute atomic E-state index is 13.0. The first kappa shape index (κ1) is 18.6. The third-order valence-corrected chi connectivity index (χ3v) is 5.78. The molecule has 2 aliphatic rings. The molecule has 2 heterocycles. The van der Waals surface area contributed by atoms with Gasteiger partial charge in [-0.15, -0.1) is 0 Å². The SMILES string of the molecule is O=C(Nc1cccc(C(=O)N2CC[C@@H]3CNC[C@@H]3CC2)c1)c1ccc(F)cc1. The fourth-order valence-corrected chi connectivity index (χ4v) is 4.14. The Morgan fingerprint density at radius 1 is 0.964 bits per heavy atom. The minimum Gasteiger partial charge on any atom is -0.339 e. The van der Waals surface area contributed by atoms with Gasteiger partial charge in [0, 0.05) is 29.9 Å². The predicted molar refractivity (Wildman–Crippen MR) is 106 cm³/mol. The zero-order valence-electron chi connectivity index (χ0n) is 15.7. The Balaban J connectivity index is 1.43. The van der Waals surface area contributed by atoms with Gasteiger partial charge in [0.25, 0.3) is 11.8 Å². The summed E-state index contributed by atoms with van der Waals surface area (Å²) in [5.41, 5.74) is 1.49. The fraction of sp³-hybridized carbons (Fsp3) is 0.364. The summed E-state index contributed by atoms with van der Waals surface area (Å²) in [4.78, 5) is 27.2. The minimum absolute atomic E-state index is 0.00538. The van der Waals surface area contributed by atoms with Gasteiger partial charge in [0.15, 0.2) is 0 Å². The molecule has 4 rings (SSSR count). The molecular formula is C22H24FN3O2. The first-order valence-electron chi connectivity index (χ1n) is 9.77. The molecule has 2 atom stereocenters. The fourth-order valence-electron chi connectivity index (χ4n) is 4.14. The molecule has 2 saturated heterocycles. The Labute approximate surface area is 163 Å². The van der Waals surface area contributed by atoms with Crippen molar-refractivity contribution in [2.45, 2.75) is 12.8 Å². The highest BCUT2D eigenvalue weighted by Gasteiger charge is 2.31. The number of carbonyl (C=O) groups is 2. The third-order valence-electron chi connectivity index (χ3n) is 5.78. The summed E-state index contributed by atoms with van der Waals surface area (Å²) in [7, 11) is 0. The van der Waals surface area contributed by atoms with E-state index in [-0.39, 0.29) is 17.6 Å². The molecule has 0 saturated carbocycles. The van der Waals surface area contributed by atoms with Gasteiger partial charge in [-0.3, -0.25) is 9.59 Å². The van der Waals surface area contributed by atoms with E-state index in [1.54, 1.807) is 24.3 Å². The minimum atomic E-state index is -0.387. The largest absolute Gasteiger partial charge is 0.339 e. The molecule has 5 nitrogen and oxygen atoms in total. The van der Waals surface area contributed by atoms with Crippen molar-refractivity contribution >= 4 is 17.5 Å². The maximum Gasteiger partial charge on any atom is 0.255 e. The summed E-state index contributed by atoms with van der Waals surface area (Å²) < 4.78 is 13.0. The van der Waals surface area contributed by atoms with Crippen molar-refractivity contribution in [1.29, 1.82) is 0 Å². The van der Waals surface area contributed by atoms with Gasteiger partial charge in [-0.05, 0) is 80.2 Å². The maximum atomic E-state index is 13.0. The summed E-state index contributed by atoms with van der Waals surface area (Å²) in [6.07, 6.45) is 2.06. The standard InChI is InChI=1S/C22H24FN3O2/c23-19-6-4-15(5-7-19)21(27)25-20-3-1-2-16(12-20)22(28)26-10-8-17-13-24-14-18(17)9-11-26/h1-7,12,17-18,24H,8-11,13-14H2,(H,25,27)/t17-,18+. The lowest BCUT2D eigenvalue weighted by atomic mass is 9.92. The number of rotatable bonds is 3. The van der Waals surface area contributed by atoms with Crippen LogP contribution in [0.25, 0.3) is 0 Å². The highest BCUT2D eigenvalue weighted by atomic mass is 19.1. The number of nitrogens with one attached hydrogen (secondary N) is 2. The van der Waals surface area contributed by atoms with Crippen molar-refractivity contribution in [3.63, 3.8) is 0 Å². The number of likely N-dealkylation sites (tertiary alicyclic amines) is 1. The number of fused-ring (bicyclic) bond motifs is 1. The van der Waals surface area contributed by atoms with Gasteiger partial charge in [-0.25, -0.2) is 4.39 Å². The van der Waals surface area contributed by atoms with Gasteiger partial charge in [-0.2, -0.15) is 0 Å². The molecule has 0 aliphatic carbocycles. The molecule has 2 N–H and O–H groups in total. The second kappa shape index (κ2) is 8.10. The van der Waals surface area contributed by atoms with E-state index in [2.05, 4.69) is 10.6 Å². The lowest BCUT2D eigenvalue weighted by molar-refractivity contribution is 0.0758. The molecule has 2 fully saturated rings. The molecular weight excluding hydrogens is 357 g/mol. The second-order valence-corrected chi connectivity index (χ2v) is 7.59. The molecule has 2 aliphatic heterocycles. The predicted octanol–water partition coefficient (Wildman–Crippen LogP) is 3.15. The van der Waals surface area contributed by atoms with Crippen molar-refractivity contribution in [2.24, 2.45) is 11.8 Å². The average Bonchev–Trinajstić information content (AvgIpc) is 3.06. The molecule has 0 unspecified atom stereocenters. The number of benzene rings is 2. The van der Waals surface area contributed by atoms with Crippen molar-refractivity contribution in [3.05, 3.63) is 65.5 Å². The van der Waals surface area contributed by atoms with Crippen LogP contribution in [0.5, 0.6) is 0 Å². The third kappa shape index (κ3) is 4.07. The molecule has 0 bridgehead atoms. The highest BCUT2D eigenvalue weighted by molar-refractivity contribution is 6.05. The van der Waals surface area contributed by atoms with Gasteiger partial charge < -0.3 is 15.5 Å². The smallest absolute Gasteiger partial charge is 0.255 e. The molecule has 2 aromatic rings. The first-order chi connectivity index (χ1) is 13.6. The van der Waals surface area contributed by atoms with E-state index in [0.717, 1.165) is 39.0 Å². The molecule has 146 valence electrons. The van der Waals surface area contributed by atoms with Crippen LogP contribution >= 0.6 is 0 Å². The molecule has 2 amide bonds. The van der Waals surface area contributed by atoms with E-state index >= 15 is 0 Å². The number of nitrogens with zero attached hydrogens (tertiary/aromatic N) is 1. The lowest BCUT2D eigenvalue weighted by Crippen LogP contribution is -2.32. The van der Waals surface area contributed by atoms with Gasteiger partial charge >= 0.3 is 0 Å². The quantitative estimate of drug-likeness (QED) is 0.859. The first-order valence-corrected chi connectivity index (χ1v) is 9.77. The van der Waals surface area contributed by atoms with Crippen LogP contribution in [0.15, 0.2) is 48.5 Å². The molecule has 6 heteroatoms. The lowest BCUT2D eigenvalue weighted by Gasteiger charge is -2.21. The van der Waals surface area contributed by atoms with Gasteiger partial charge in [0.05, 0.1) is 0 Å². The van der Waals surface area contributed by atoms with Gasteiger partial charge in [0.1, 0.15) is 5.82 Å². The summed E-state index contributed by atoms with van der Waals surface area (Å²) in [5, 5.41) is 6.23.